The zero-order valence-corrected chi connectivity index (χ0v) is 20.8. The Balaban J connectivity index is 2.08. The molecular weight excluding hydrogens is 528 g/mol. The zero-order valence-electron chi connectivity index (χ0n) is 18.6. The molecule has 0 spiro atoms. The van der Waals surface area contributed by atoms with Crippen molar-refractivity contribution in [2.24, 2.45) is 11.0 Å². The van der Waals surface area contributed by atoms with E-state index in [4.69, 9.17) is 9.47 Å². The molecule has 1 unspecified atom stereocenters. The van der Waals surface area contributed by atoms with Crippen LogP contribution in [-0.4, -0.2) is 37.3 Å². The number of benzene rings is 2. The van der Waals surface area contributed by atoms with Gasteiger partial charge in [0.2, 0.25) is 0 Å². The molecule has 2 rings (SSSR count). The minimum Gasteiger partial charge on any atom is -0.493 e. The highest BCUT2D eigenvalue weighted by atomic mass is 127. The second-order valence-corrected chi connectivity index (χ2v) is 8.80. The van der Waals surface area contributed by atoms with Crippen LogP contribution in [0.5, 0.6) is 11.5 Å². The molecule has 0 aromatic heterocycles. The lowest BCUT2D eigenvalue weighted by Gasteiger charge is -2.20. The van der Waals surface area contributed by atoms with Crippen LogP contribution in [0.25, 0.3) is 0 Å². The number of ether oxygens (including phenoxy) is 2. The smallest absolute Gasteiger partial charge is 0.262 e. The molecule has 0 radical (unpaired) electrons. The summed E-state index contributed by atoms with van der Waals surface area (Å²) in [7, 11) is 1.55. The minimum atomic E-state index is -0.818. The first-order valence-corrected chi connectivity index (χ1v) is 11.1. The van der Waals surface area contributed by atoms with Crippen molar-refractivity contribution < 1.29 is 23.5 Å². The van der Waals surface area contributed by atoms with Crippen LogP contribution >= 0.6 is 22.6 Å². The summed E-state index contributed by atoms with van der Waals surface area (Å²) < 4.78 is 25.1. The van der Waals surface area contributed by atoms with Gasteiger partial charge >= 0.3 is 0 Å². The van der Waals surface area contributed by atoms with Crippen molar-refractivity contribution in [2.75, 3.05) is 7.11 Å². The van der Waals surface area contributed by atoms with Crippen LogP contribution in [0.3, 0.4) is 0 Å². The molecule has 9 heteroatoms. The highest BCUT2D eigenvalue weighted by molar-refractivity contribution is 14.1. The Kier molecular flexibility index (Phi) is 9.42. The predicted octanol–water partition coefficient (Wildman–Crippen LogP) is 4.13. The van der Waals surface area contributed by atoms with E-state index in [1.807, 2.05) is 19.9 Å². The number of halogens is 2. The zero-order chi connectivity index (χ0) is 23.8. The molecule has 1 atom stereocenters. The van der Waals surface area contributed by atoms with Gasteiger partial charge in [0.05, 0.1) is 23.0 Å². The summed E-state index contributed by atoms with van der Waals surface area (Å²) in [5.41, 5.74) is 3.43. The summed E-state index contributed by atoms with van der Waals surface area (Å²) in [5.74, 6) is -0.360. The first-order chi connectivity index (χ1) is 15.1. The molecule has 0 saturated carbocycles. The molecule has 0 aliphatic rings. The lowest BCUT2D eigenvalue weighted by atomic mass is 10.0. The van der Waals surface area contributed by atoms with Crippen LogP contribution in [0.1, 0.15) is 43.6 Å². The average Bonchev–Trinajstić information content (AvgIpc) is 2.73. The van der Waals surface area contributed by atoms with Crippen molar-refractivity contribution in [2.45, 2.75) is 39.8 Å². The quantitative estimate of drug-likeness (QED) is 0.277. The molecule has 7 nitrogen and oxygen atoms in total. The van der Waals surface area contributed by atoms with Gasteiger partial charge < -0.3 is 14.8 Å². The van der Waals surface area contributed by atoms with Crippen molar-refractivity contribution >= 4 is 40.6 Å². The van der Waals surface area contributed by atoms with Gasteiger partial charge in [-0.1, -0.05) is 13.8 Å². The number of nitrogens with one attached hydrogen (secondary N) is 2. The van der Waals surface area contributed by atoms with Gasteiger partial charge in [-0.05, 0) is 84.3 Å². The van der Waals surface area contributed by atoms with Crippen molar-refractivity contribution in [3.05, 3.63) is 56.9 Å². The molecular formula is C23H27FIN3O4. The first-order valence-electron chi connectivity index (χ1n) is 10.1. The fourth-order valence-corrected chi connectivity index (χ4v) is 3.52. The van der Waals surface area contributed by atoms with Gasteiger partial charge in [0.1, 0.15) is 11.9 Å². The lowest BCUT2D eigenvalue weighted by Crippen LogP contribution is -2.48. The lowest BCUT2D eigenvalue weighted by molar-refractivity contribution is -0.123. The largest absolute Gasteiger partial charge is 0.493 e. The molecule has 0 bridgehead atoms. The molecule has 32 heavy (non-hydrogen) atoms. The van der Waals surface area contributed by atoms with Gasteiger partial charge in [-0.25, -0.2) is 9.82 Å². The van der Waals surface area contributed by atoms with Gasteiger partial charge in [-0.15, -0.1) is 0 Å². The van der Waals surface area contributed by atoms with Crippen LogP contribution in [0.4, 0.5) is 4.39 Å². The second-order valence-electron chi connectivity index (χ2n) is 7.64. The van der Waals surface area contributed by atoms with Gasteiger partial charge in [0.15, 0.2) is 11.5 Å². The second kappa shape index (κ2) is 11.8. The van der Waals surface area contributed by atoms with E-state index in [0.29, 0.717) is 17.1 Å². The van der Waals surface area contributed by atoms with E-state index in [1.54, 1.807) is 27.0 Å². The average molecular weight is 555 g/mol. The fourth-order valence-electron chi connectivity index (χ4n) is 2.77. The van der Waals surface area contributed by atoms with Crippen LogP contribution in [0, 0.1) is 15.3 Å². The predicted molar refractivity (Wildman–Crippen MR) is 130 cm³/mol. The Hall–Kier alpha value is -2.69. The monoisotopic (exact) mass is 555 g/mol. The molecule has 0 aliphatic heterocycles. The highest BCUT2D eigenvalue weighted by Crippen LogP contribution is 2.34. The molecule has 0 heterocycles. The Morgan fingerprint density at radius 1 is 1.12 bits per heavy atom. The van der Waals surface area contributed by atoms with Gasteiger partial charge in [-0.3, -0.25) is 9.59 Å². The molecule has 2 N–H and O–H groups in total. The standard InChI is InChI=1S/C23H27FIN3O4/c1-13(2)20(27-22(29)16-6-8-17(24)9-7-16)23(30)28-26-12-15-10-18(25)21(32-14(3)4)19(11-15)31-5/h6-14,20H,1-5H3,(H,27,29)(H,28,30)/b26-12+. The molecule has 0 fully saturated rings. The number of hydrazone groups is 1. The SMILES string of the molecule is COc1cc(/C=N/NC(=O)C(NC(=O)c2ccc(F)cc2)C(C)C)cc(I)c1OC(C)C. The summed E-state index contributed by atoms with van der Waals surface area (Å²) >= 11 is 2.15. The van der Waals surface area contributed by atoms with Crippen LogP contribution in [0.2, 0.25) is 0 Å². The number of carbonyl (C=O) groups excluding carboxylic acids is 2. The van der Waals surface area contributed by atoms with Crippen LogP contribution in [0.15, 0.2) is 41.5 Å². The number of hydrogen-bond acceptors (Lipinski definition) is 5. The Morgan fingerprint density at radius 2 is 1.78 bits per heavy atom. The Morgan fingerprint density at radius 3 is 2.34 bits per heavy atom. The summed E-state index contributed by atoms with van der Waals surface area (Å²) in [6.07, 6.45) is 1.48. The third kappa shape index (κ3) is 7.18. The van der Waals surface area contributed by atoms with Crippen molar-refractivity contribution in [3.8, 4) is 11.5 Å². The van der Waals surface area contributed by atoms with Crippen LogP contribution in [-0.2, 0) is 4.79 Å². The van der Waals surface area contributed by atoms with Gasteiger partial charge in [0, 0.05) is 5.56 Å². The number of methoxy groups -OCH3 is 1. The number of carbonyl (C=O) groups is 2. The maximum absolute atomic E-state index is 13.1. The summed E-state index contributed by atoms with van der Waals surface area (Å²) in [4.78, 5) is 25.0. The third-order valence-electron chi connectivity index (χ3n) is 4.34. The van der Waals surface area contributed by atoms with Crippen LogP contribution < -0.4 is 20.2 Å². The molecule has 2 aromatic rings. The van der Waals surface area contributed by atoms with Gasteiger partial charge in [-0.2, -0.15) is 5.10 Å². The molecule has 172 valence electrons. The van der Waals surface area contributed by atoms with E-state index in [0.717, 1.165) is 3.57 Å². The van der Waals surface area contributed by atoms with E-state index in [2.05, 4.69) is 38.4 Å². The molecule has 0 aliphatic carbocycles. The molecule has 0 saturated heterocycles. The van der Waals surface area contributed by atoms with E-state index in [1.165, 1.54) is 30.5 Å². The number of amides is 2. The highest BCUT2D eigenvalue weighted by Gasteiger charge is 2.24. The van der Waals surface area contributed by atoms with Crippen molar-refractivity contribution in [1.29, 1.82) is 0 Å². The Bertz CT molecular complexity index is 978. The minimum absolute atomic E-state index is 0.00527. The molecule has 2 aromatic carbocycles. The normalized spacial score (nSPS) is 12.2. The maximum Gasteiger partial charge on any atom is 0.262 e. The maximum atomic E-state index is 13.1. The topological polar surface area (TPSA) is 89.0 Å². The van der Waals surface area contributed by atoms with Crippen molar-refractivity contribution in [1.82, 2.24) is 10.7 Å². The number of rotatable bonds is 9. The number of hydrogen-bond donors (Lipinski definition) is 2. The van der Waals surface area contributed by atoms with Crippen molar-refractivity contribution in [3.63, 3.8) is 0 Å². The van der Waals surface area contributed by atoms with E-state index in [9.17, 15) is 14.0 Å². The fraction of sp³-hybridized carbons (Fsp3) is 0.348. The Labute approximate surface area is 200 Å². The van der Waals surface area contributed by atoms with E-state index in [-0.39, 0.29) is 17.6 Å². The third-order valence-corrected chi connectivity index (χ3v) is 5.14. The summed E-state index contributed by atoms with van der Waals surface area (Å²) in [5, 5.41) is 6.69. The number of nitrogens with zero attached hydrogens (tertiary/aromatic N) is 1. The van der Waals surface area contributed by atoms with E-state index < -0.39 is 23.7 Å². The molecule has 2 amide bonds. The first kappa shape index (κ1) is 25.6. The summed E-state index contributed by atoms with van der Waals surface area (Å²) in [6.45, 7) is 7.47. The summed E-state index contributed by atoms with van der Waals surface area (Å²) in [6, 6.07) is 7.90. The van der Waals surface area contributed by atoms with Gasteiger partial charge in [0.25, 0.3) is 11.8 Å². The van der Waals surface area contributed by atoms with E-state index >= 15 is 0 Å².